The lowest BCUT2D eigenvalue weighted by Gasteiger charge is -2.38. The van der Waals surface area contributed by atoms with E-state index >= 15 is 0 Å². The molecule has 3 aliphatic rings. The summed E-state index contributed by atoms with van der Waals surface area (Å²) in [4.78, 5) is 43.7. The number of amides is 3. The highest BCUT2D eigenvalue weighted by Gasteiger charge is 2.75. The summed E-state index contributed by atoms with van der Waals surface area (Å²) < 4.78 is 0.969. The number of carbonyl (C=O) groups is 3. The zero-order valence-electron chi connectivity index (χ0n) is 23.1. The van der Waals surface area contributed by atoms with E-state index in [2.05, 4.69) is 27.9 Å². The Balaban J connectivity index is 1.27. The van der Waals surface area contributed by atoms with Crippen molar-refractivity contribution in [1.82, 2.24) is 25.2 Å². The van der Waals surface area contributed by atoms with E-state index in [-0.39, 0.29) is 42.2 Å². The van der Waals surface area contributed by atoms with Gasteiger partial charge in [-0.1, -0.05) is 55.3 Å². The number of nitrogens with zero attached hydrogens (tertiary/aromatic N) is 4. The van der Waals surface area contributed by atoms with Crippen molar-refractivity contribution in [3.63, 3.8) is 0 Å². The van der Waals surface area contributed by atoms with E-state index in [0.29, 0.717) is 18.7 Å². The van der Waals surface area contributed by atoms with Gasteiger partial charge >= 0.3 is 0 Å². The quantitative estimate of drug-likeness (QED) is 0.299. The van der Waals surface area contributed by atoms with Gasteiger partial charge in [0.15, 0.2) is 0 Å². The molecule has 1 aromatic heterocycles. The number of hydrogen-bond acceptors (Lipinski definition) is 7. The SMILES string of the molecule is CC1C[C@H]2SC13C(C(=O)NCn1nnc4ccccc41)N(CCCCCCO)C(=O)[C@@H]3[C@H]2C(=O)Nc1ccccc1. The molecule has 3 saturated heterocycles. The van der Waals surface area contributed by atoms with E-state index in [1.165, 1.54) is 0 Å². The van der Waals surface area contributed by atoms with Crippen LogP contribution in [-0.4, -0.2) is 71.9 Å². The number of thioether (sulfide) groups is 1. The molecular weight excluding hydrogens is 540 g/mol. The van der Waals surface area contributed by atoms with Crippen molar-refractivity contribution in [1.29, 1.82) is 0 Å². The molecule has 0 radical (unpaired) electrons. The van der Waals surface area contributed by atoms with Crippen molar-refractivity contribution in [2.24, 2.45) is 17.8 Å². The maximum atomic E-state index is 14.2. The molecule has 4 heterocycles. The smallest absolute Gasteiger partial charge is 0.245 e. The number of para-hydroxylation sites is 2. The monoisotopic (exact) mass is 576 g/mol. The molecule has 11 heteroatoms. The van der Waals surface area contributed by atoms with Crippen LogP contribution in [0.25, 0.3) is 11.0 Å². The first kappa shape index (κ1) is 27.7. The molecule has 3 aliphatic heterocycles. The number of anilines is 1. The molecule has 1 spiro atoms. The Labute approximate surface area is 243 Å². The molecule has 0 saturated carbocycles. The lowest BCUT2D eigenvalue weighted by molar-refractivity contribution is -0.139. The molecule has 3 aromatic rings. The van der Waals surface area contributed by atoms with Gasteiger partial charge in [0.2, 0.25) is 17.7 Å². The van der Waals surface area contributed by atoms with Gasteiger partial charge in [-0.15, -0.1) is 16.9 Å². The minimum absolute atomic E-state index is 0.0241. The van der Waals surface area contributed by atoms with Gasteiger partial charge in [0, 0.05) is 24.1 Å². The van der Waals surface area contributed by atoms with Gasteiger partial charge in [0.1, 0.15) is 18.2 Å². The fraction of sp³-hybridized carbons (Fsp3) is 0.500. The normalized spacial score (nSPS) is 28.3. The van der Waals surface area contributed by atoms with Crippen LogP contribution in [0.3, 0.4) is 0 Å². The Morgan fingerprint density at radius 3 is 2.61 bits per heavy atom. The van der Waals surface area contributed by atoms with Crippen LogP contribution in [0.2, 0.25) is 0 Å². The third-order valence-electron chi connectivity index (χ3n) is 8.97. The average Bonchev–Trinajstić information content (AvgIpc) is 3.69. The molecule has 3 unspecified atom stereocenters. The van der Waals surface area contributed by atoms with Gasteiger partial charge in [-0.2, -0.15) is 0 Å². The van der Waals surface area contributed by atoms with Gasteiger partial charge in [-0.3, -0.25) is 14.4 Å². The Morgan fingerprint density at radius 2 is 1.80 bits per heavy atom. The number of aliphatic hydroxyl groups excluding tert-OH is 1. The minimum Gasteiger partial charge on any atom is -0.396 e. The summed E-state index contributed by atoms with van der Waals surface area (Å²) in [6.07, 6.45) is 3.94. The number of aliphatic hydroxyl groups is 1. The largest absolute Gasteiger partial charge is 0.396 e. The Kier molecular flexibility index (Phi) is 7.74. The predicted octanol–water partition coefficient (Wildman–Crippen LogP) is 3.03. The van der Waals surface area contributed by atoms with Crippen LogP contribution >= 0.6 is 11.8 Å². The lowest BCUT2D eigenvalue weighted by atomic mass is 9.66. The Bertz CT molecular complexity index is 1430. The minimum atomic E-state index is -0.688. The second-order valence-corrected chi connectivity index (χ2v) is 12.9. The molecule has 41 heavy (non-hydrogen) atoms. The standard InChI is InChI=1S/C30H36N6O4S/c1-19-17-23-24(27(38)32-20-11-5-4-6-12-20)25-29(40)35(15-9-2-3-10-16-37)26(30(19,25)41-23)28(39)31-18-36-22-14-8-7-13-21(22)33-34-36/h4-8,11-14,19,23-26,37H,2-3,9-10,15-18H2,1H3,(H,31,39)(H,32,38)/t19?,23-,24+,25+,26?,30?/m1/s1. The van der Waals surface area contributed by atoms with Crippen molar-refractivity contribution >= 4 is 46.2 Å². The molecule has 3 N–H and O–H groups in total. The van der Waals surface area contributed by atoms with Gasteiger partial charge in [-0.05, 0) is 49.4 Å². The number of likely N-dealkylation sites (tertiary alicyclic amines) is 1. The van der Waals surface area contributed by atoms with E-state index < -0.39 is 22.6 Å². The highest BCUT2D eigenvalue weighted by atomic mass is 32.2. The highest BCUT2D eigenvalue weighted by molar-refractivity contribution is 8.02. The van der Waals surface area contributed by atoms with Crippen molar-refractivity contribution < 1.29 is 19.5 Å². The van der Waals surface area contributed by atoms with Crippen LogP contribution in [0.5, 0.6) is 0 Å². The first-order valence-corrected chi connectivity index (χ1v) is 15.3. The molecule has 3 fully saturated rings. The van der Waals surface area contributed by atoms with Gasteiger partial charge in [0.25, 0.3) is 0 Å². The second-order valence-electron chi connectivity index (χ2n) is 11.4. The molecule has 0 aliphatic carbocycles. The molecule has 10 nitrogen and oxygen atoms in total. The van der Waals surface area contributed by atoms with E-state index in [0.717, 1.165) is 36.7 Å². The van der Waals surface area contributed by atoms with Crippen molar-refractivity contribution in [3.8, 4) is 0 Å². The molecule has 2 aromatic carbocycles. The summed E-state index contributed by atoms with van der Waals surface area (Å²) in [5.41, 5.74) is 2.26. The van der Waals surface area contributed by atoms with Crippen molar-refractivity contribution in [2.45, 2.75) is 61.7 Å². The molecule has 6 atom stereocenters. The van der Waals surface area contributed by atoms with E-state index in [1.54, 1.807) is 21.3 Å². The predicted molar refractivity (Wildman–Crippen MR) is 157 cm³/mol. The number of nitrogens with one attached hydrogen (secondary N) is 2. The number of rotatable bonds is 11. The number of fused-ring (bicyclic) bond motifs is 2. The number of unbranched alkanes of at least 4 members (excludes halogenated alkanes) is 3. The van der Waals surface area contributed by atoms with Crippen molar-refractivity contribution in [2.75, 3.05) is 18.5 Å². The summed E-state index contributed by atoms with van der Waals surface area (Å²) in [5, 5.41) is 23.6. The third kappa shape index (κ3) is 4.78. The third-order valence-corrected chi connectivity index (χ3v) is 11.0. The maximum absolute atomic E-state index is 14.2. The Morgan fingerprint density at radius 1 is 1.05 bits per heavy atom. The average molecular weight is 577 g/mol. The summed E-state index contributed by atoms with van der Waals surface area (Å²) >= 11 is 1.67. The van der Waals surface area contributed by atoms with Crippen LogP contribution in [-0.2, 0) is 21.1 Å². The lowest BCUT2D eigenvalue weighted by Crippen LogP contribution is -2.56. The van der Waals surface area contributed by atoms with Crippen LogP contribution < -0.4 is 10.6 Å². The molecular formula is C30H36N6O4S. The van der Waals surface area contributed by atoms with Crippen LogP contribution in [0.15, 0.2) is 54.6 Å². The van der Waals surface area contributed by atoms with Crippen LogP contribution in [0.4, 0.5) is 5.69 Å². The van der Waals surface area contributed by atoms with E-state index in [9.17, 15) is 14.4 Å². The fourth-order valence-electron chi connectivity index (χ4n) is 7.14. The number of benzene rings is 2. The number of aromatic nitrogens is 3. The van der Waals surface area contributed by atoms with Gasteiger partial charge in [0.05, 0.1) is 22.1 Å². The first-order chi connectivity index (χ1) is 20.0. The second kappa shape index (κ2) is 11.4. The zero-order chi connectivity index (χ0) is 28.6. The van der Waals surface area contributed by atoms with Crippen molar-refractivity contribution in [3.05, 3.63) is 54.6 Å². The van der Waals surface area contributed by atoms with Crippen LogP contribution in [0, 0.1) is 17.8 Å². The summed E-state index contributed by atoms with van der Waals surface area (Å²) in [5.74, 6) is -1.45. The van der Waals surface area contributed by atoms with E-state index in [4.69, 9.17) is 5.11 Å². The summed E-state index contributed by atoms with van der Waals surface area (Å²) in [7, 11) is 0. The maximum Gasteiger partial charge on any atom is 0.245 e. The molecule has 3 amide bonds. The number of hydrogen-bond donors (Lipinski definition) is 3. The molecule has 2 bridgehead atoms. The zero-order valence-corrected chi connectivity index (χ0v) is 23.9. The van der Waals surface area contributed by atoms with E-state index in [1.807, 2.05) is 54.6 Å². The van der Waals surface area contributed by atoms with Gasteiger partial charge in [-0.25, -0.2) is 4.68 Å². The Hall–Kier alpha value is -3.44. The number of carbonyl (C=O) groups excluding carboxylic acids is 3. The molecule has 216 valence electrons. The van der Waals surface area contributed by atoms with Gasteiger partial charge < -0.3 is 20.6 Å². The summed E-state index contributed by atoms with van der Waals surface area (Å²) in [6, 6.07) is 16.2. The molecule has 6 rings (SSSR count). The summed E-state index contributed by atoms with van der Waals surface area (Å²) in [6.45, 7) is 2.84. The first-order valence-electron chi connectivity index (χ1n) is 14.5. The highest BCUT2D eigenvalue weighted by Crippen LogP contribution is 2.68. The fourth-order valence-corrected chi connectivity index (χ4v) is 9.56. The topological polar surface area (TPSA) is 129 Å². The van der Waals surface area contributed by atoms with Crippen LogP contribution in [0.1, 0.15) is 39.0 Å².